The first-order chi connectivity index (χ1) is 6.34. The van der Waals surface area contributed by atoms with Crippen LogP contribution >= 0.6 is 33.9 Å². The average Bonchev–Trinajstić information content (AvgIpc) is 2.53. The fraction of sp³-hybridized carbons (Fsp3) is 0.625. The van der Waals surface area contributed by atoms with Crippen LogP contribution < -0.4 is 5.32 Å². The second kappa shape index (κ2) is 4.68. The third-order valence-corrected chi connectivity index (χ3v) is 3.80. The minimum absolute atomic E-state index is 1.02. The molecule has 1 aliphatic heterocycles. The van der Waals surface area contributed by atoms with E-state index in [0.29, 0.717) is 0 Å². The highest BCUT2D eigenvalue weighted by Crippen LogP contribution is 2.13. The van der Waals surface area contributed by atoms with Gasteiger partial charge in [0, 0.05) is 38.1 Å². The maximum absolute atomic E-state index is 4.45. The first-order valence-corrected chi connectivity index (χ1v) is 6.33. The van der Waals surface area contributed by atoms with Gasteiger partial charge in [-0.05, 0) is 22.6 Å². The molecule has 0 radical (unpaired) electrons. The number of nitrogens with one attached hydrogen (secondary N) is 1. The van der Waals surface area contributed by atoms with Crippen LogP contribution in [0.5, 0.6) is 0 Å². The van der Waals surface area contributed by atoms with Gasteiger partial charge in [-0.3, -0.25) is 4.90 Å². The summed E-state index contributed by atoms with van der Waals surface area (Å²) in [5.74, 6) is 0. The quantitative estimate of drug-likeness (QED) is 0.831. The van der Waals surface area contributed by atoms with Crippen molar-refractivity contribution < 1.29 is 0 Å². The summed E-state index contributed by atoms with van der Waals surface area (Å²) in [4.78, 5) is 6.89. The molecule has 0 saturated carbocycles. The van der Waals surface area contributed by atoms with Crippen LogP contribution in [0.15, 0.2) is 5.38 Å². The van der Waals surface area contributed by atoms with Gasteiger partial charge in [0.2, 0.25) is 0 Å². The van der Waals surface area contributed by atoms with Crippen LogP contribution in [0.4, 0.5) is 0 Å². The van der Waals surface area contributed by atoms with Gasteiger partial charge in [-0.25, -0.2) is 4.98 Å². The lowest BCUT2D eigenvalue weighted by Crippen LogP contribution is -2.42. The van der Waals surface area contributed by atoms with Crippen LogP contribution in [0.25, 0.3) is 0 Å². The first-order valence-electron chi connectivity index (χ1n) is 4.37. The Bertz CT molecular complexity index is 270. The fourth-order valence-corrected chi connectivity index (χ4v) is 2.67. The lowest BCUT2D eigenvalue weighted by Gasteiger charge is -2.26. The van der Waals surface area contributed by atoms with E-state index in [0.717, 1.165) is 35.7 Å². The molecule has 0 aromatic carbocycles. The van der Waals surface area contributed by atoms with Crippen molar-refractivity contribution in [2.45, 2.75) is 6.54 Å². The number of halogens is 1. The Morgan fingerprint density at radius 2 is 2.31 bits per heavy atom. The van der Waals surface area contributed by atoms with Crippen molar-refractivity contribution in [2.24, 2.45) is 0 Å². The van der Waals surface area contributed by atoms with Crippen LogP contribution in [0.3, 0.4) is 0 Å². The summed E-state index contributed by atoms with van der Waals surface area (Å²) in [5, 5.41) is 5.50. The van der Waals surface area contributed by atoms with Crippen LogP contribution in [-0.4, -0.2) is 36.1 Å². The third kappa shape index (κ3) is 2.87. The van der Waals surface area contributed by atoms with Crippen LogP contribution in [0, 0.1) is 3.01 Å². The van der Waals surface area contributed by atoms with E-state index >= 15 is 0 Å². The molecular formula is C8H12IN3S. The van der Waals surface area contributed by atoms with E-state index in [1.807, 2.05) is 0 Å². The van der Waals surface area contributed by atoms with E-state index < -0.39 is 0 Å². The summed E-state index contributed by atoms with van der Waals surface area (Å²) in [6.07, 6.45) is 0. The first kappa shape index (κ1) is 9.82. The Hall–Kier alpha value is 0.280. The molecule has 1 aromatic rings. The number of hydrogen-bond donors (Lipinski definition) is 1. The molecule has 0 amide bonds. The van der Waals surface area contributed by atoms with E-state index in [4.69, 9.17) is 0 Å². The maximum atomic E-state index is 4.45. The molecule has 2 rings (SSSR count). The Morgan fingerprint density at radius 1 is 1.54 bits per heavy atom. The topological polar surface area (TPSA) is 28.2 Å². The molecule has 2 heterocycles. The molecule has 1 N–H and O–H groups in total. The van der Waals surface area contributed by atoms with Crippen LogP contribution in [0.1, 0.15) is 5.69 Å². The van der Waals surface area contributed by atoms with Gasteiger partial charge in [-0.1, -0.05) is 0 Å². The van der Waals surface area contributed by atoms with Gasteiger partial charge in [-0.15, -0.1) is 11.3 Å². The average molecular weight is 309 g/mol. The van der Waals surface area contributed by atoms with Crippen molar-refractivity contribution in [3.8, 4) is 0 Å². The van der Waals surface area contributed by atoms with E-state index in [1.165, 1.54) is 5.69 Å². The number of thiazole rings is 1. The molecule has 0 aliphatic carbocycles. The molecule has 72 valence electrons. The van der Waals surface area contributed by atoms with Crippen molar-refractivity contribution in [1.82, 2.24) is 15.2 Å². The lowest BCUT2D eigenvalue weighted by molar-refractivity contribution is 0.231. The maximum Gasteiger partial charge on any atom is 0.154 e. The highest BCUT2D eigenvalue weighted by atomic mass is 127. The normalized spacial score (nSPS) is 19.2. The Balaban J connectivity index is 1.89. The summed E-state index contributed by atoms with van der Waals surface area (Å²) in [6, 6.07) is 0. The van der Waals surface area contributed by atoms with Crippen LogP contribution in [0.2, 0.25) is 0 Å². The monoisotopic (exact) mass is 309 g/mol. The van der Waals surface area contributed by atoms with Gasteiger partial charge in [-0.2, -0.15) is 0 Å². The largest absolute Gasteiger partial charge is 0.314 e. The Labute approximate surface area is 95.7 Å². The van der Waals surface area contributed by atoms with Gasteiger partial charge in [0.15, 0.2) is 3.01 Å². The zero-order valence-electron chi connectivity index (χ0n) is 7.29. The highest BCUT2D eigenvalue weighted by molar-refractivity contribution is 14.1. The van der Waals surface area contributed by atoms with Crippen molar-refractivity contribution in [2.75, 3.05) is 26.2 Å². The van der Waals surface area contributed by atoms with Crippen molar-refractivity contribution >= 4 is 33.9 Å². The van der Waals surface area contributed by atoms with Gasteiger partial charge in [0.1, 0.15) is 0 Å². The Kier molecular flexibility index (Phi) is 3.53. The lowest BCUT2D eigenvalue weighted by atomic mass is 10.3. The third-order valence-electron chi connectivity index (χ3n) is 2.12. The molecule has 5 heteroatoms. The van der Waals surface area contributed by atoms with E-state index in [9.17, 15) is 0 Å². The zero-order valence-corrected chi connectivity index (χ0v) is 10.3. The van der Waals surface area contributed by atoms with Crippen LogP contribution in [-0.2, 0) is 6.54 Å². The van der Waals surface area contributed by atoms with E-state index in [1.54, 1.807) is 11.3 Å². The summed E-state index contributed by atoms with van der Waals surface area (Å²) < 4.78 is 1.14. The molecular weight excluding hydrogens is 297 g/mol. The number of hydrogen-bond acceptors (Lipinski definition) is 4. The molecule has 0 bridgehead atoms. The predicted molar refractivity (Wildman–Crippen MR) is 63.0 cm³/mol. The van der Waals surface area contributed by atoms with Crippen molar-refractivity contribution in [1.29, 1.82) is 0 Å². The van der Waals surface area contributed by atoms with Gasteiger partial charge in [0.05, 0.1) is 5.69 Å². The number of piperazine rings is 1. The molecule has 13 heavy (non-hydrogen) atoms. The Morgan fingerprint density at radius 3 is 2.92 bits per heavy atom. The summed E-state index contributed by atoms with van der Waals surface area (Å²) >= 11 is 4.00. The van der Waals surface area contributed by atoms with E-state index in [2.05, 4.69) is 43.2 Å². The molecule has 0 atom stereocenters. The van der Waals surface area contributed by atoms with Crippen molar-refractivity contribution in [3.63, 3.8) is 0 Å². The molecule has 3 nitrogen and oxygen atoms in total. The number of rotatable bonds is 2. The minimum atomic E-state index is 1.02. The zero-order chi connectivity index (χ0) is 9.10. The summed E-state index contributed by atoms with van der Waals surface area (Å²) in [7, 11) is 0. The van der Waals surface area contributed by atoms with Gasteiger partial charge < -0.3 is 5.32 Å². The van der Waals surface area contributed by atoms with Gasteiger partial charge >= 0.3 is 0 Å². The number of aromatic nitrogens is 1. The smallest absolute Gasteiger partial charge is 0.154 e. The van der Waals surface area contributed by atoms with Crippen molar-refractivity contribution in [3.05, 3.63) is 14.1 Å². The highest BCUT2D eigenvalue weighted by Gasteiger charge is 2.10. The van der Waals surface area contributed by atoms with Gasteiger partial charge in [0.25, 0.3) is 0 Å². The van der Waals surface area contributed by atoms with E-state index in [-0.39, 0.29) is 0 Å². The molecule has 0 unspecified atom stereocenters. The second-order valence-electron chi connectivity index (χ2n) is 3.12. The molecule has 1 aliphatic rings. The molecule has 1 saturated heterocycles. The predicted octanol–water partition coefficient (Wildman–Crippen LogP) is 1.15. The summed E-state index contributed by atoms with van der Waals surface area (Å²) in [5.41, 5.74) is 1.22. The SMILES string of the molecule is Ic1nc(CN2CCNCC2)cs1. The number of nitrogens with zero attached hydrogens (tertiary/aromatic N) is 2. The molecule has 0 spiro atoms. The summed E-state index contributed by atoms with van der Waals surface area (Å²) in [6.45, 7) is 5.53. The second-order valence-corrected chi connectivity index (χ2v) is 5.73. The standard InChI is InChI=1S/C8H12IN3S/c9-8-11-7(6-13-8)5-12-3-1-10-2-4-12/h6,10H,1-5H2. The molecule has 1 aromatic heterocycles. The molecule has 1 fully saturated rings. The fourth-order valence-electron chi connectivity index (χ4n) is 1.45. The minimum Gasteiger partial charge on any atom is -0.314 e.